The van der Waals surface area contributed by atoms with Crippen molar-refractivity contribution in [3.8, 4) is 5.75 Å². The van der Waals surface area contributed by atoms with Gasteiger partial charge in [0.2, 0.25) is 5.91 Å². The van der Waals surface area contributed by atoms with Crippen LogP contribution in [0.5, 0.6) is 5.75 Å². The van der Waals surface area contributed by atoms with Gasteiger partial charge in [-0.05, 0) is 24.5 Å². The first-order chi connectivity index (χ1) is 10.1. The van der Waals surface area contributed by atoms with Gasteiger partial charge in [0.25, 0.3) is 0 Å². The van der Waals surface area contributed by atoms with Crippen molar-refractivity contribution < 1.29 is 14.3 Å². The van der Waals surface area contributed by atoms with Crippen LogP contribution in [0.1, 0.15) is 20.3 Å². The maximum atomic E-state index is 11.7. The van der Waals surface area contributed by atoms with Crippen molar-refractivity contribution in [2.45, 2.75) is 26.3 Å². The molecule has 0 spiro atoms. The molecule has 1 aromatic rings. The highest BCUT2D eigenvalue weighted by Gasteiger charge is 2.12. The molecule has 1 rings (SSSR count). The van der Waals surface area contributed by atoms with Gasteiger partial charge in [0, 0.05) is 12.6 Å². The molecule has 0 heterocycles. The number of carbonyl (C=O) groups excluding carboxylic acids is 1. The summed E-state index contributed by atoms with van der Waals surface area (Å²) in [5.74, 6) is 1.16. The molecule has 0 aromatic heterocycles. The molecular weight excluding hydrogens is 304 g/mol. The second-order valence-corrected chi connectivity index (χ2v) is 5.34. The number of amides is 1. The largest absolute Gasteiger partial charge is 0.491 e. The van der Waals surface area contributed by atoms with Crippen molar-refractivity contribution >= 4 is 18.3 Å². The standard InChI is InChI=1S/C16H26N2O3.ClH/c1-13(2)10-14(11-17)18-16(19)12-20-8-9-21-15-6-4-3-5-7-15;/h3-7,13-14H,8-12,17H2,1-2H3,(H,18,19);1H. The van der Waals surface area contributed by atoms with Gasteiger partial charge in [0.15, 0.2) is 0 Å². The lowest BCUT2D eigenvalue weighted by atomic mass is 10.0. The minimum atomic E-state index is -0.134. The van der Waals surface area contributed by atoms with Gasteiger partial charge in [-0.15, -0.1) is 12.4 Å². The quantitative estimate of drug-likeness (QED) is 0.643. The summed E-state index contributed by atoms with van der Waals surface area (Å²) < 4.78 is 10.8. The number of carbonyl (C=O) groups is 1. The first-order valence-electron chi connectivity index (χ1n) is 7.36. The molecule has 0 saturated heterocycles. The normalized spacial score (nSPS) is 11.6. The van der Waals surface area contributed by atoms with E-state index in [1.165, 1.54) is 0 Å². The second kappa shape index (κ2) is 12.3. The van der Waals surface area contributed by atoms with Gasteiger partial charge in [-0.25, -0.2) is 0 Å². The van der Waals surface area contributed by atoms with E-state index in [4.69, 9.17) is 15.2 Å². The van der Waals surface area contributed by atoms with Crippen molar-refractivity contribution in [2.24, 2.45) is 11.7 Å². The maximum Gasteiger partial charge on any atom is 0.246 e. The summed E-state index contributed by atoms with van der Waals surface area (Å²) in [5, 5.41) is 2.88. The molecule has 5 nitrogen and oxygen atoms in total. The Labute approximate surface area is 139 Å². The molecule has 0 radical (unpaired) electrons. The third kappa shape index (κ3) is 9.60. The van der Waals surface area contributed by atoms with E-state index in [0.29, 0.717) is 25.7 Å². The molecule has 1 unspecified atom stereocenters. The van der Waals surface area contributed by atoms with Crippen molar-refractivity contribution in [3.63, 3.8) is 0 Å². The van der Waals surface area contributed by atoms with Crippen LogP contribution >= 0.6 is 12.4 Å². The number of hydrogen-bond acceptors (Lipinski definition) is 4. The molecule has 1 atom stereocenters. The zero-order valence-corrected chi connectivity index (χ0v) is 14.1. The van der Waals surface area contributed by atoms with Crippen LogP contribution in [0.15, 0.2) is 30.3 Å². The Hall–Kier alpha value is -1.30. The Bertz CT molecular complexity index is 402. The highest BCUT2D eigenvalue weighted by atomic mass is 35.5. The van der Waals surface area contributed by atoms with Crippen LogP contribution in [0.4, 0.5) is 0 Å². The SMILES string of the molecule is CC(C)CC(CN)NC(=O)COCCOc1ccccc1.Cl. The molecule has 126 valence electrons. The Morgan fingerprint density at radius 2 is 1.91 bits per heavy atom. The topological polar surface area (TPSA) is 73.6 Å². The number of nitrogens with two attached hydrogens (primary N) is 1. The molecule has 0 aliphatic heterocycles. The van der Waals surface area contributed by atoms with Crippen LogP contribution in [0.25, 0.3) is 0 Å². The number of halogens is 1. The summed E-state index contributed by atoms with van der Waals surface area (Å²) in [4.78, 5) is 11.7. The van der Waals surface area contributed by atoms with Gasteiger partial charge in [-0.2, -0.15) is 0 Å². The Kier molecular flexibility index (Phi) is 11.5. The number of rotatable bonds is 10. The molecule has 0 fully saturated rings. The zero-order chi connectivity index (χ0) is 15.5. The third-order valence-corrected chi connectivity index (χ3v) is 2.88. The Balaban J connectivity index is 0.00000441. The highest BCUT2D eigenvalue weighted by Crippen LogP contribution is 2.07. The second-order valence-electron chi connectivity index (χ2n) is 5.34. The summed E-state index contributed by atoms with van der Waals surface area (Å²) in [6.07, 6.45) is 0.874. The van der Waals surface area contributed by atoms with Crippen LogP contribution < -0.4 is 15.8 Å². The van der Waals surface area contributed by atoms with Crippen LogP contribution in [-0.4, -0.2) is 38.3 Å². The van der Waals surface area contributed by atoms with E-state index in [9.17, 15) is 4.79 Å². The lowest BCUT2D eigenvalue weighted by molar-refractivity contribution is -0.126. The maximum absolute atomic E-state index is 11.7. The lowest BCUT2D eigenvalue weighted by Gasteiger charge is -2.18. The van der Waals surface area contributed by atoms with E-state index in [2.05, 4.69) is 19.2 Å². The smallest absolute Gasteiger partial charge is 0.246 e. The highest BCUT2D eigenvalue weighted by molar-refractivity contribution is 5.85. The minimum absolute atomic E-state index is 0. The van der Waals surface area contributed by atoms with Crippen LogP contribution in [0.2, 0.25) is 0 Å². The first kappa shape index (κ1) is 20.7. The molecular formula is C16H27ClN2O3. The van der Waals surface area contributed by atoms with E-state index in [-0.39, 0.29) is 31.0 Å². The number of nitrogens with one attached hydrogen (secondary N) is 1. The van der Waals surface area contributed by atoms with E-state index in [0.717, 1.165) is 12.2 Å². The van der Waals surface area contributed by atoms with Crippen molar-refractivity contribution in [1.29, 1.82) is 0 Å². The fourth-order valence-electron chi connectivity index (χ4n) is 1.95. The molecule has 0 bridgehead atoms. The lowest BCUT2D eigenvalue weighted by Crippen LogP contribution is -2.42. The van der Waals surface area contributed by atoms with Crippen molar-refractivity contribution in [1.82, 2.24) is 5.32 Å². The number of benzene rings is 1. The Morgan fingerprint density at radius 3 is 2.50 bits per heavy atom. The van der Waals surface area contributed by atoms with E-state index in [1.807, 2.05) is 30.3 Å². The molecule has 3 N–H and O–H groups in total. The van der Waals surface area contributed by atoms with Crippen LogP contribution in [0.3, 0.4) is 0 Å². The molecule has 0 aliphatic rings. The van der Waals surface area contributed by atoms with Crippen LogP contribution in [-0.2, 0) is 9.53 Å². The van der Waals surface area contributed by atoms with E-state index in [1.54, 1.807) is 0 Å². The summed E-state index contributed by atoms with van der Waals surface area (Å²) in [6, 6.07) is 9.52. The summed E-state index contributed by atoms with van der Waals surface area (Å²) >= 11 is 0. The predicted octanol–water partition coefficient (Wildman–Crippen LogP) is 1.99. The number of ether oxygens (including phenoxy) is 2. The molecule has 0 aliphatic carbocycles. The fraction of sp³-hybridized carbons (Fsp3) is 0.562. The predicted molar refractivity (Wildman–Crippen MR) is 90.4 cm³/mol. The first-order valence-corrected chi connectivity index (χ1v) is 7.36. The molecule has 1 amide bonds. The summed E-state index contributed by atoms with van der Waals surface area (Å²) in [5.41, 5.74) is 5.63. The van der Waals surface area contributed by atoms with Gasteiger partial charge >= 0.3 is 0 Å². The average Bonchev–Trinajstić information content (AvgIpc) is 2.46. The van der Waals surface area contributed by atoms with Crippen molar-refractivity contribution in [3.05, 3.63) is 30.3 Å². The fourth-order valence-corrected chi connectivity index (χ4v) is 1.95. The molecule has 6 heteroatoms. The monoisotopic (exact) mass is 330 g/mol. The third-order valence-electron chi connectivity index (χ3n) is 2.88. The van der Waals surface area contributed by atoms with Gasteiger partial charge in [0.1, 0.15) is 19.0 Å². The summed E-state index contributed by atoms with van der Waals surface area (Å²) in [7, 11) is 0. The summed E-state index contributed by atoms with van der Waals surface area (Å²) in [6.45, 7) is 5.48. The molecule has 1 aromatic carbocycles. The van der Waals surface area contributed by atoms with E-state index >= 15 is 0 Å². The average molecular weight is 331 g/mol. The van der Waals surface area contributed by atoms with Gasteiger partial charge in [-0.1, -0.05) is 32.0 Å². The zero-order valence-electron chi connectivity index (χ0n) is 13.3. The van der Waals surface area contributed by atoms with Gasteiger partial charge in [0.05, 0.1) is 6.61 Å². The Morgan fingerprint density at radius 1 is 1.23 bits per heavy atom. The molecule has 0 saturated carbocycles. The number of para-hydroxylation sites is 1. The van der Waals surface area contributed by atoms with E-state index < -0.39 is 0 Å². The number of hydrogen-bond donors (Lipinski definition) is 2. The van der Waals surface area contributed by atoms with Gasteiger partial charge < -0.3 is 20.5 Å². The van der Waals surface area contributed by atoms with Crippen molar-refractivity contribution in [2.75, 3.05) is 26.4 Å². The van der Waals surface area contributed by atoms with Gasteiger partial charge in [-0.3, -0.25) is 4.79 Å². The minimum Gasteiger partial charge on any atom is -0.491 e. The van der Waals surface area contributed by atoms with Crippen LogP contribution in [0, 0.1) is 5.92 Å². The molecule has 22 heavy (non-hydrogen) atoms.